The molecule has 3 atom stereocenters. The van der Waals surface area contributed by atoms with Crippen molar-refractivity contribution in [1.82, 2.24) is 0 Å². The van der Waals surface area contributed by atoms with Crippen molar-refractivity contribution in [3.05, 3.63) is 52.3 Å². The second-order valence-corrected chi connectivity index (χ2v) is 13.3. The van der Waals surface area contributed by atoms with E-state index in [1.54, 1.807) is 24.3 Å². The van der Waals surface area contributed by atoms with Crippen LogP contribution in [0.15, 0.2) is 30.0 Å². The standard InChI is InChI=1S/C32H42N4O6/c1-15-29(5,6)21-11-19(23(33-17(3)37)13-25(21)35(15)9)27-28(39)31(40,32(27,41)42)20-12-22-26(14-24(20)34-18(4)38)36(10)16(2)30(22,7)8/h11-16,39-42H,1-10H3,(H,33,37)(H,34,38). The van der Waals surface area contributed by atoms with E-state index in [1.807, 2.05) is 27.9 Å². The summed E-state index contributed by atoms with van der Waals surface area (Å²) < 4.78 is 0. The van der Waals surface area contributed by atoms with Crippen LogP contribution in [0.3, 0.4) is 0 Å². The SMILES string of the molecule is CC(=O)Nc1cc2c(cc1C1=C(O)C(O)(c3cc4c(cc3NC(C)=O)N(C)C(C)C4(C)C)C1(O)O)C(C)(C)C(C)N2C. The number of rotatable bonds is 4. The number of nitrogens with zero attached hydrogens (tertiary/aromatic N) is 2. The fraction of sp³-hybridized carbons (Fsp3) is 0.500. The minimum absolute atomic E-state index is 0.0470. The summed E-state index contributed by atoms with van der Waals surface area (Å²) in [6.45, 7) is 15.0. The van der Waals surface area contributed by atoms with Gasteiger partial charge in [-0.2, -0.15) is 0 Å². The van der Waals surface area contributed by atoms with Gasteiger partial charge in [0.25, 0.3) is 0 Å². The molecule has 226 valence electrons. The molecule has 0 spiro atoms. The second-order valence-electron chi connectivity index (χ2n) is 13.3. The first-order valence-electron chi connectivity index (χ1n) is 14.2. The van der Waals surface area contributed by atoms with Crippen LogP contribution < -0.4 is 20.4 Å². The molecule has 2 aromatic rings. The summed E-state index contributed by atoms with van der Waals surface area (Å²) in [7, 11) is 3.89. The summed E-state index contributed by atoms with van der Waals surface area (Å²) in [5, 5.41) is 52.5. The Hall–Kier alpha value is -3.60. The Morgan fingerprint density at radius 1 is 0.738 bits per heavy atom. The molecule has 2 amide bonds. The fourth-order valence-corrected chi connectivity index (χ4v) is 6.98. The molecule has 1 aliphatic carbocycles. The zero-order valence-corrected chi connectivity index (χ0v) is 26.0. The predicted molar refractivity (Wildman–Crippen MR) is 164 cm³/mol. The van der Waals surface area contributed by atoms with Gasteiger partial charge in [0.15, 0.2) is 0 Å². The van der Waals surface area contributed by atoms with E-state index >= 15 is 0 Å². The normalized spacial score (nSPS) is 26.5. The van der Waals surface area contributed by atoms with Crippen molar-refractivity contribution in [3.63, 3.8) is 0 Å². The molecular weight excluding hydrogens is 536 g/mol. The lowest BCUT2D eigenvalue weighted by molar-refractivity contribution is -0.258. The molecule has 42 heavy (non-hydrogen) atoms. The van der Waals surface area contributed by atoms with E-state index < -0.39 is 28.5 Å². The lowest BCUT2D eigenvalue weighted by Gasteiger charge is -2.50. The molecule has 3 aliphatic rings. The van der Waals surface area contributed by atoms with Crippen LogP contribution in [-0.2, 0) is 26.0 Å². The Balaban J connectivity index is 1.77. The van der Waals surface area contributed by atoms with E-state index in [0.29, 0.717) is 0 Å². The average molecular weight is 579 g/mol. The fourth-order valence-electron chi connectivity index (χ4n) is 6.98. The van der Waals surface area contributed by atoms with Crippen LogP contribution in [0.2, 0.25) is 0 Å². The summed E-state index contributed by atoms with van der Waals surface area (Å²) >= 11 is 0. The molecule has 0 saturated carbocycles. The molecule has 0 fully saturated rings. The highest BCUT2D eigenvalue weighted by atomic mass is 16.5. The van der Waals surface area contributed by atoms with Gasteiger partial charge in [-0.15, -0.1) is 0 Å². The van der Waals surface area contributed by atoms with Gasteiger partial charge in [0, 0.05) is 79.0 Å². The Labute approximate surface area is 246 Å². The second kappa shape index (κ2) is 8.95. The minimum Gasteiger partial charge on any atom is -0.508 e. The molecule has 3 unspecified atom stereocenters. The Kier molecular flexibility index (Phi) is 6.37. The number of amides is 2. The minimum atomic E-state index is -2.99. The van der Waals surface area contributed by atoms with Crippen LogP contribution in [0, 0.1) is 0 Å². The summed E-state index contributed by atoms with van der Waals surface area (Å²) in [5.74, 6) is -4.47. The van der Waals surface area contributed by atoms with Gasteiger partial charge >= 0.3 is 0 Å². The number of aliphatic hydroxyl groups excluding tert-OH is 1. The van der Waals surface area contributed by atoms with Crippen LogP contribution in [0.5, 0.6) is 0 Å². The molecule has 5 rings (SSSR count). The van der Waals surface area contributed by atoms with Crippen LogP contribution in [0.25, 0.3) is 5.57 Å². The maximum atomic E-state index is 12.2. The predicted octanol–water partition coefficient (Wildman–Crippen LogP) is 3.69. The van der Waals surface area contributed by atoms with Gasteiger partial charge in [-0.25, -0.2) is 0 Å². The van der Waals surface area contributed by atoms with Crippen molar-refractivity contribution in [2.45, 2.75) is 89.7 Å². The number of fused-ring (bicyclic) bond motifs is 2. The molecule has 2 aliphatic heterocycles. The van der Waals surface area contributed by atoms with Crippen LogP contribution in [-0.4, -0.2) is 64.2 Å². The molecule has 0 bridgehead atoms. The van der Waals surface area contributed by atoms with Gasteiger partial charge in [-0.05, 0) is 49.2 Å². The van der Waals surface area contributed by atoms with Crippen LogP contribution in [0.1, 0.15) is 77.6 Å². The number of benzene rings is 2. The van der Waals surface area contributed by atoms with E-state index in [1.165, 1.54) is 13.8 Å². The number of nitrogens with one attached hydrogen (secondary N) is 2. The topological polar surface area (TPSA) is 146 Å². The number of anilines is 4. The van der Waals surface area contributed by atoms with Crippen molar-refractivity contribution in [2.75, 3.05) is 34.5 Å². The molecular formula is C32H42N4O6. The smallest absolute Gasteiger partial charge is 0.236 e. The lowest BCUT2D eigenvalue weighted by Crippen LogP contribution is -2.62. The quantitative estimate of drug-likeness (QED) is 0.301. The molecule has 0 saturated heterocycles. The number of carbonyl (C=O) groups excluding carboxylic acids is 2. The summed E-state index contributed by atoms with van der Waals surface area (Å²) in [5.41, 5.74) is 0.203. The van der Waals surface area contributed by atoms with E-state index in [-0.39, 0.29) is 51.5 Å². The van der Waals surface area contributed by atoms with Crippen molar-refractivity contribution < 1.29 is 30.0 Å². The number of hydrogen-bond donors (Lipinski definition) is 6. The Bertz CT molecular complexity index is 1580. The summed E-state index contributed by atoms with van der Waals surface area (Å²) in [4.78, 5) is 28.6. The number of likely N-dealkylation sites (N-methyl/N-ethyl adjacent to an activating group) is 2. The Morgan fingerprint density at radius 3 is 1.62 bits per heavy atom. The highest BCUT2D eigenvalue weighted by Crippen LogP contribution is 2.61. The van der Waals surface area contributed by atoms with E-state index in [2.05, 4.69) is 48.1 Å². The number of hydrogen-bond acceptors (Lipinski definition) is 8. The molecule has 10 nitrogen and oxygen atoms in total. The molecule has 2 heterocycles. The maximum Gasteiger partial charge on any atom is 0.236 e. The van der Waals surface area contributed by atoms with Crippen LogP contribution >= 0.6 is 0 Å². The van der Waals surface area contributed by atoms with E-state index in [4.69, 9.17) is 0 Å². The average Bonchev–Trinajstić information content (AvgIpc) is 3.15. The first-order valence-corrected chi connectivity index (χ1v) is 14.2. The van der Waals surface area contributed by atoms with Gasteiger partial charge < -0.3 is 40.9 Å². The zero-order chi connectivity index (χ0) is 31.5. The molecule has 6 N–H and O–H groups in total. The van der Waals surface area contributed by atoms with Crippen molar-refractivity contribution >= 4 is 40.1 Å². The molecule has 2 aromatic carbocycles. The van der Waals surface area contributed by atoms with E-state index in [0.717, 1.165) is 22.5 Å². The molecule has 0 radical (unpaired) electrons. The third-order valence-corrected chi connectivity index (χ3v) is 10.4. The van der Waals surface area contributed by atoms with Crippen molar-refractivity contribution in [3.8, 4) is 0 Å². The summed E-state index contributed by atoms with van der Waals surface area (Å²) in [6.07, 6.45) is 0. The number of aliphatic hydroxyl groups is 4. The number of carbonyl (C=O) groups is 2. The highest BCUT2D eigenvalue weighted by molar-refractivity contribution is 5.99. The van der Waals surface area contributed by atoms with Crippen molar-refractivity contribution in [2.24, 2.45) is 0 Å². The van der Waals surface area contributed by atoms with Crippen LogP contribution in [0.4, 0.5) is 22.7 Å². The van der Waals surface area contributed by atoms with E-state index in [9.17, 15) is 30.0 Å². The molecule has 0 aromatic heterocycles. The first-order chi connectivity index (χ1) is 19.2. The van der Waals surface area contributed by atoms with Gasteiger partial charge in [0.2, 0.25) is 23.2 Å². The van der Waals surface area contributed by atoms with Crippen molar-refractivity contribution in [1.29, 1.82) is 0 Å². The van der Waals surface area contributed by atoms with Gasteiger partial charge in [0.05, 0.1) is 11.3 Å². The lowest BCUT2D eigenvalue weighted by atomic mass is 9.64. The van der Waals surface area contributed by atoms with Gasteiger partial charge in [0.1, 0.15) is 5.76 Å². The maximum absolute atomic E-state index is 12.2. The van der Waals surface area contributed by atoms with Gasteiger partial charge in [-0.3, -0.25) is 9.59 Å². The highest BCUT2D eigenvalue weighted by Gasteiger charge is 2.68. The largest absolute Gasteiger partial charge is 0.508 e. The third kappa shape index (κ3) is 3.68. The summed E-state index contributed by atoms with van der Waals surface area (Å²) in [6, 6.07) is 6.97. The Morgan fingerprint density at radius 2 is 1.17 bits per heavy atom. The molecule has 10 heteroatoms. The monoisotopic (exact) mass is 578 g/mol. The zero-order valence-electron chi connectivity index (χ0n) is 26.0. The van der Waals surface area contributed by atoms with Gasteiger partial charge in [-0.1, -0.05) is 27.7 Å². The first kappa shape index (κ1) is 29.9. The third-order valence-electron chi connectivity index (χ3n) is 10.4.